The monoisotopic (exact) mass is 404 g/mol. The molecule has 29 heavy (non-hydrogen) atoms. The molecule has 0 bridgehead atoms. The Kier molecular flexibility index (Phi) is 5.58. The van der Waals surface area contributed by atoms with Gasteiger partial charge in [0.2, 0.25) is 4.77 Å². The summed E-state index contributed by atoms with van der Waals surface area (Å²) in [5, 5.41) is 11.3. The maximum absolute atomic E-state index is 13.2. The van der Waals surface area contributed by atoms with Crippen molar-refractivity contribution in [2.45, 2.75) is 6.61 Å². The van der Waals surface area contributed by atoms with Crippen LogP contribution in [0.4, 0.5) is 4.39 Å². The van der Waals surface area contributed by atoms with Crippen LogP contribution in [0.1, 0.15) is 11.1 Å². The Morgan fingerprint density at radius 1 is 1.00 bits per heavy atom. The Morgan fingerprint density at radius 2 is 1.72 bits per heavy atom. The third-order valence-electron chi connectivity index (χ3n) is 4.20. The molecule has 0 amide bonds. The second-order valence-corrected chi connectivity index (χ2v) is 6.65. The van der Waals surface area contributed by atoms with Gasteiger partial charge in [-0.15, -0.1) is 0 Å². The van der Waals surface area contributed by atoms with Crippen molar-refractivity contribution in [2.75, 3.05) is 0 Å². The van der Waals surface area contributed by atoms with Gasteiger partial charge in [-0.1, -0.05) is 30.3 Å². The first-order valence-corrected chi connectivity index (χ1v) is 9.34. The molecular formula is C22H17FN4OS. The zero-order valence-corrected chi connectivity index (χ0v) is 16.1. The number of halogens is 1. The molecule has 1 aromatic heterocycles. The molecule has 0 aliphatic rings. The van der Waals surface area contributed by atoms with Crippen LogP contribution in [0.2, 0.25) is 0 Å². The molecule has 5 nitrogen and oxygen atoms in total. The van der Waals surface area contributed by atoms with Gasteiger partial charge in [-0.2, -0.15) is 14.9 Å². The van der Waals surface area contributed by atoms with Crippen LogP contribution in [-0.4, -0.2) is 21.1 Å². The average molecular weight is 404 g/mol. The highest BCUT2D eigenvalue weighted by molar-refractivity contribution is 7.71. The highest BCUT2D eigenvalue weighted by atomic mass is 32.1. The molecule has 0 aliphatic carbocycles. The summed E-state index contributed by atoms with van der Waals surface area (Å²) in [5.74, 6) is 0.972. The van der Waals surface area contributed by atoms with Gasteiger partial charge in [-0.05, 0) is 71.9 Å². The third-order valence-corrected chi connectivity index (χ3v) is 4.47. The van der Waals surface area contributed by atoms with Crippen LogP contribution in [0.25, 0.3) is 11.4 Å². The van der Waals surface area contributed by atoms with Crippen molar-refractivity contribution in [2.24, 2.45) is 5.10 Å². The standard InChI is InChI=1S/C22H17FN4OS/c23-19-10-8-18(9-11-19)21-25-26-22(29)27(21)24-14-16-6-12-20(13-7-16)28-15-17-4-2-1-3-5-17/h1-14H,15H2,(H,26,29). The van der Waals surface area contributed by atoms with Crippen LogP contribution in [0, 0.1) is 10.6 Å². The van der Waals surface area contributed by atoms with E-state index in [-0.39, 0.29) is 5.82 Å². The molecule has 0 aliphatic heterocycles. The number of ether oxygens (including phenoxy) is 1. The van der Waals surface area contributed by atoms with Crippen molar-refractivity contribution in [1.82, 2.24) is 14.9 Å². The van der Waals surface area contributed by atoms with Gasteiger partial charge in [-0.25, -0.2) is 9.49 Å². The van der Waals surface area contributed by atoms with Crippen molar-refractivity contribution in [3.05, 3.63) is 101 Å². The van der Waals surface area contributed by atoms with Crippen molar-refractivity contribution in [3.8, 4) is 17.1 Å². The Labute approximate surface area is 172 Å². The fraction of sp³-hybridized carbons (Fsp3) is 0.0455. The number of H-pyrrole nitrogens is 1. The summed E-state index contributed by atoms with van der Waals surface area (Å²) in [4.78, 5) is 0. The molecule has 0 spiro atoms. The predicted octanol–water partition coefficient (Wildman–Crippen LogP) is 5.21. The Balaban J connectivity index is 1.48. The van der Waals surface area contributed by atoms with E-state index in [9.17, 15) is 4.39 Å². The van der Waals surface area contributed by atoms with Crippen LogP contribution in [0.15, 0.2) is 84.0 Å². The molecule has 0 radical (unpaired) electrons. The molecule has 7 heteroatoms. The van der Waals surface area contributed by atoms with Crippen LogP contribution >= 0.6 is 12.2 Å². The summed E-state index contributed by atoms with van der Waals surface area (Å²) < 4.78 is 20.8. The van der Waals surface area contributed by atoms with E-state index >= 15 is 0 Å². The summed E-state index contributed by atoms with van der Waals surface area (Å²) in [7, 11) is 0. The van der Waals surface area contributed by atoms with Gasteiger partial charge in [0.05, 0.1) is 6.21 Å². The van der Waals surface area contributed by atoms with Crippen LogP contribution in [-0.2, 0) is 6.61 Å². The van der Waals surface area contributed by atoms with Crippen LogP contribution in [0.5, 0.6) is 5.75 Å². The Hall–Kier alpha value is -3.58. The first-order valence-electron chi connectivity index (χ1n) is 8.93. The number of hydrogen-bond donors (Lipinski definition) is 1. The van der Waals surface area contributed by atoms with Gasteiger partial charge in [0, 0.05) is 5.56 Å². The molecule has 1 N–H and O–H groups in total. The van der Waals surface area contributed by atoms with E-state index in [1.54, 1.807) is 18.3 Å². The molecule has 1 heterocycles. The first-order chi connectivity index (χ1) is 14.2. The van der Waals surface area contributed by atoms with E-state index in [1.807, 2.05) is 54.6 Å². The van der Waals surface area contributed by atoms with Gasteiger partial charge in [0.25, 0.3) is 0 Å². The van der Waals surface area contributed by atoms with E-state index in [1.165, 1.54) is 16.8 Å². The van der Waals surface area contributed by atoms with Crippen LogP contribution < -0.4 is 4.74 Å². The summed E-state index contributed by atoms with van der Waals surface area (Å²) in [6.07, 6.45) is 1.68. The zero-order valence-electron chi connectivity index (χ0n) is 15.3. The summed E-state index contributed by atoms with van der Waals surface area (Å²) >= 11 is 5.25. The maximum Gasteiger partial charge on any atom is 0.216 e. The van der Waals surface area contributed by atoms with E-state index in [4.69, 9.17) is 17.0 Å². The molecule has 3 aromatic carbocycles. The summed E-state index contributed by atoms with van der Waals surface area (Å²) in [5.41, 5.74) is 2.70. The summed E-state index contributed by atoms with van der Waals surface area (Å²) in [6, 6.07) is 23.6. The van der Waals surface area contributed by atoms with Crippen molar-refractivity contribution < 1.29 is 9.13 Å². The number of hydrogen-bond acceptors (Lipinski definition) is 4. The first kappa shape index (κ1) is 18.8. The van der Waals surface area contributed by atoms with E-state index in [2.05, 4.69) is 15.3 Å². The fourth-order valence-corrected chi connectivity index (χ4v) is 2.88. The van der Waals surface area contributed by atoms with Crippen LogP contribution in [0.3, 0.4) is 0 Å². The molecule has 4 aromatic rings. The number of aromatic amines is 1. The van der Waals surface area contributed by atoms with Gasteiger partial charge in [0.1, 0.15) is 18.2 Å². The smallest absolute Gasteiger partial charge is 0.216 e. The number of rotatable bonds is 6. The lowest BCUT2D eigenvalue weighted by Gasteiger charge is -2.06. The highest BCUT2D eigenvalue weighted by Gasteiger charge is 2.08. The minimum atomic E-state index is -0.312. The van der Waals surface area contributed by atoms with Crippen molar-refractivity contribution >= 4 is 18.4 Å². The number of benzene rings is 3. The van der Waals surface area contributed by atoms with Crippen molar-refractivity contribution in [3.63, 3.8) is 0 Å². The summed E-state index contributed by atoms with van der Waals surface area (Å²) in [6.45, 7) is 0.513. The predicted molar refractivity (Wildman–Crippen MR) is 113 cm³/mol. The lowest BCUT2D eigenvalue weighted by Crippen LogP contribution is -1.96. The topological polar surface area (TPSA) is 55.2 Å². The number of aromatic nitrogens is 3. The largest absolute Gasteiger partial charge is 0.489 e. The molecule has 0 fully saturated rings. The molecular weight excluding hydrogens is 387 g/mol. The van der Waals surface area contributed by atoms with Gasteiger partial charge < -0.3 is 4.74 Å². The number of nitrogens with zero attached hydrogens (tertiary/aromatic N) is 3. The Bertz CT molecular complexity index is 1170. The molecule has 4 rings (SSSR count). The molecule has 144 valence electrons. The fourth-order valence-electron chi connectivity index (χ4n) is 2.70. The maximum atomic E-state index is 13.2. The van der Waals surface area contributed by atoms with E-state index < -0.39 is 0 Å². The SMILES string of the molecule is Fc1ccc(-c2n[nH]c(=S)n2N=Cc2ccc(OCc3ccccc3)cc2)cc1. The lowest BCUT2D eigenvalue weighted by atomic mass is 10.2. The lowest BCUT2D eigenvalue weighted by molar-refractivity contribution is 0.306. The highest BCUT2D eigenvalue weighted by Crippen LogP contribution is 2.18. The van der Waals surface area contributed by atoms with E-state index in [0.717, 1.165) is 16.9 Å². The van der Waals surface area contributed by atoms with Gasteiger partial charge in [-0.3, -0.25) is 0 Å². The second-order valence-electron chi connectivity index (χ2n) is 6.26. The van der Waals surface area contributed by atoms with Gasteiger partial charge in [0.15, 0.2) is 5.82 Å². The van der Waals surface area contributed by atoms with Gasteiger partial charge >= 0.3 is 0 Å². The third kappa shape index (κ3) is 4.64. The minimum Gasteiger partial charge on any atom is -0.489 e. The van der Waals surface area contributed by atoms with Crippen molar-refractivity contribution in [1.29, 1.82) is 0 Å². The van der Waals surface area contributed by atoms with E-state index in [0.29, 0.717) is 22.8 Å². The molecule has 0 atom stereocenters. The normalized spacial score (nSPS) is 11.1. The molecule has 0 saturated heterocycles. The molecule has 0 unspecified atom stereocenters. The average Bonchev–Trinajstić information content (AvgIpc) is 3.13. The second kappa shape index (κ2) is 8.62. The minimum absolute atomic E-state index is 0.312. The zero-order chi connectivity index (χ0) is 20.1. The quantitative estimate of drug-likeness (QED) is 0.355. The Morgan fingerprint density at radius 3 is 2.45 bits per heavy atom. The number of nitrogens with one attached hydrogen (secondary N) is 1. The molecule has 0 saturated carbocycles.